The van der Waals surface area contributed by atoms with Gasteiger partial charge in [-0.25, -0.2) is 4.79 Å². The van der Waals surface area contributed by atoms with Crippen LogP contribution in [0, 0.1) is 0 Å². The minimum absolute atomic E-state index is 0.187. The predicted octanol–water partition coefficient (Wildman–Crippen LogP) is 3.80. The first-order chi connectivity index (χ1) is 13.5. The van der Waals surface area contributed by atoms with Crippen LogP contribution in [0.15, 0.2) is 24.3 Å². The van der Waals surface area contributed by atoms with Crippen LogP contribution in [0.4, 0.5) is 4.79 Å². The van der Waals surface area contributed by atoms with Gasteiger partial charge in [0.05, 0.1) is 12.7 Å². The molecule has 0 unspecified atom stereocenters. The summed E-state index contributed by atoms with van der Waals surface area (Å²) in [5.74, 6) is 0.503. The number of halogens is 1. The van der Waals surface area contributed by atoms with Crippen molar-refractivity contribution in [2.75, 3.05) is 40.4 Å². The van der Waals surface area contributed by atoms with Gasteiger partial charge in [-0.15, -0.1) is 0 Å². The zero-order valence-corrected chi connectivity index (χ0v) is 17.7. The minimum Gasteiger partial charge on any atom is -0.410 e. The molecule has 0 bridgehead atoms. The lowest BCUT2D eigenvalue weighted by molar-refractivity contribution is 0.0100. The zero-order chi connectivity index (χ0) is 20.4. The molecular formula is C21H33ClN2O4. The zero-order valence-electron chi connectivity index (χ0n) is 17.0. The molecule has 0 radical (unpaired) electrons. The second-order valence-corrected chi connectivity index (χ2v) is 7.90. The summed E-state index contributed by atoms with van der Waals surface area (Å²) in [4.78, 5) is 16.2. The quantitative estimate of drug-likeness (QED) is 0.592. The van der Waals surface area contributed by atoms with E-state index in [4.69, 9.17) is 26.2 Å². The van der Waals surface area contributed by atoms with Crippen molar-refractivity contribution in [1.29, 1.82) is 0 Å². The molecule has 1 aromatic rings. The van der Waals surface area contributed by atoms with E-state index in [9.17, 15) is 4.79 Å². The van der Waals surface area contributed by atoms with E-state index < -0.39 is 0 Å². The maximum atomic E-state index is 12.3. The van der Waals surface area contributed by atoms with Crippen LogP contribution < -0.4 is 4.74 Å². The average Bonchev–Trinajstić information content (AvgIpc) is 2.69. The van der Waals surface area contributed by atoms with E-state index in [0.717, 1.165) is 58.2 Å². The molecule has 1 aliphatic rings. The first kappa shape index (κ1) is 22.9. The monoisotopic (exact) mass is 412 g/mol. The lowest BCUT2D eigenvalue weighted by atomic mass is 9.92. The number of hydrogen-bond donors (Lipinski definition) is 1. The van der Waals surface area contributed by atoms with Crippen molar-refractivity contribution >= 4 is 17.7 Å². The number of benzene rings is 1. The maximum absolute atomic E-state index is 12.3. The van der Waals surface area contributed by atoms with Gasteiger partial charge in [0.2, 0.25) is 0 Å². The molecule has 1 amide bonds. The van der Waals surface area contributed by atoms with Gasteiger partial charge in [-0.2, -0.15) is 0 Å². The molecule has 6 nitrogen and oxygen atoms in total. The Labute approximate surface area is 173 Å². The number of likely N-dealkylation sites (N-methyl/N-ethyl adjacent to an activating group) is 1. The normalized spacial score (nSPS) is 19.6. The van der Waals surface area contributed by atoms with E-state index in [1.54, 1.807) is 36.2 Å². The number of aliphatic hydroxyl groups is 1. The third-order valence-corrected chi connectivity index (χ3v) is 5.52. The number of carbonyl (C=O) groups is 1. The first-order valence-electron chi connectivity index (χ1n) is 10.1. The first-order valence-corrected chi connectivity index (χ1v) is 10.5. The number of nitrogens with zero attached hydrogens (tertiary/aromatic N) is 2. The molecule has 0 aromatic heterocycles. The molecule has 1 saturated carbocycles. The van der Waals surface area contributed by atoms with Crippen LogP contribution in [0.3, 0.4) is 0 Å². The topological polar surface area (TPSA) is 62.2 Å². The number of hydrogen-bond acceptors (Lipinski definition) is 5. The Hall–Kier alpha value is -1.34. The Morgan fingerprint density at radius 1 is 1.11 bits per heavy atom. The van der Waals surface area contributed by atoms with Crippen LogP contribution in [-0.2, 0) is 4.74 Å². The van der Waals surface area contributed by atoms with Crippen molar-refractivity contribution in [3.63, 3.8) is 0 Å². The van der Waals surface area contributed by atoms with Crippen LogP contribution in [-0.4, -0.2) is 73.5 Å². The Kier molecular flexibility index (Phi) is 10.1. The highest BCUT2D eigenvalue weighted by Crippen LogP contribution is 2.25. The lowest BCUT2D eigenvalue weighted by Crippen LogP contribution is -2.42. The highest BCUT2D eigenvalue weighted by molar-refractivity contribution is 6.30. The fraction of sp³-hybridized carbons (Fsp3) is 0.667. The van der Waals surface area contributed by atoms with Gasteiger partial charge < -0.3 is 24.4 Å². The molecular weight excluding hydrogens is 380 g/mol. The molecule has 1 aliphatic carbocycles. The van der Waals surface area contributed by atoms with Gasteiger partial charge in [0.15, 0.2) is 0 Å². The van der Waals surface area contributed by atoms with E-state index in [-0.39, 0.29) is 24.8 Å². The van der Waals surface area contributed by atoms with E-state index >= 15 is 0 Å². The SMILES string of the molecule is CN(CCO)CCCCO[C@H]1CC[C@H](N(C)C(=O)Oc2ccc(Cl)cc2)CC1. The van der Waals surface area contributed by atoms with Crippen LogP contribution in [0.5, 0.6) is 5.75 Å². The highest BCUT2D eigenvalue weighted by atomic mass is 35.5. The molecule has 7 heteroatoms. The highest BCUT2D eigenvalue weighted by Gasteiger charge is 2.27. The molecule has 1 fully saturated rings. The number of carbonyl (C=O) groups excluding carboxylic acids is 1. The van der Waals surface area contributed by atoms with Crippen LogP contribution >= 0.6 is 11.6 Å². The maximum Gasteiger partial charge on any atom is 0.415 e. The van der Waals surface area contributed by atoms with Crippen molar-refractivity contribution < 1.29 is 19.4 Å². The summed E-state index contributed by atoms with van der Waals surface area (Å²) in [5, 5.41) is 9.50. The van der Waals surface area contributed by atoms with E-state index in [0.29, 0.717) is 10.8 Å². The van der Waals surface area contributed by atoms with Gasteiger partial charge in [0.25, 0.3) is 0 Å². The standard InChI is InChI=1S/C21H33ClN2O4/c1-23(14-15-25)13-3-4-16-27-19-11-7-18(8-12-19)24(2)21(26)28-20-9-5-17(22)6-10-20/h5-6,9-10,18-19,25H,3-4,7-8,11-16H2,1-2H3/t18-,19-. The van der Waals surface area contributed by atoms with Crippen molar-refractivity contribution in [3.05, 3.63) is 29.3 Å². The average molecular weight is 413 g/mol. The number of ether oxygens (including phenoxy) is 2. The van der Waals surface area contributed by atoms with Gasteiger partial charge in [-0.05, 0) is 76.4 Å². The third-order valence-electron chi connectivity index (χ3n) is 5.27. The summed E-state index contributed by atoms with van der Waals surface area (Å²) in [5.41, 5.74) is 0. The van der Waals surface area contributed by atoms with E-state index in [2.05, 4.69) is 4.90 Å². The summed E-state index contributed by atoms with van der Waals surface area (Å²) < 4.78 is 11.4. The second kappa shape index (κ2) is 12.3. The molecule has 0 spiro atoms. The molecule has 2 rings (SSSR count). The number of unbranched alkanes of at least 4 members (excludes halogenated alkanes) is 1. The van der Waals surface area contributed by atoms with Crippen molar-refractivity contribution in [1.82, 2.24) is 9.80 Å². The van der Waals surface area contributed by atoms with Crippen molar-refractivity contribution in [2.24, 2.45) is 0 Å². The summed E-state index contributed by atoms with van der Waals surface area (Å²) in [7, 11) is 3.82. The van der Waals surface area contributed by atoms with Crippen LogP contribution in [0.25, 0.3) is 0 Å². The Morgan fingerprint density at radius 3 is 2.43 bits per heavy atom. The molecule has 0 atom stereocenters. The van der Waals surface area contributed by atoms with Crippen LogP contribution in [0.2, 0.25) is 5.02 Å². The molecule has 0 saturated heterocycles. The number of rotatable bonds is 10. The predicted molar refractivity (Wildman–Crippen MR) is 111 cm³/mol. The molecule has 1 N–H and O–H groups in total. The second-order valence-electron chi connectivity index (χ2n) is 7.47. The summed E-state index contributed by atoms with van der Waals surface area (Å²) in [6.07, 6.45) is 5.84. The molecule has 1 aromatic carbocycles. The van der Waals surface area contributed by atoms with Gasteiger partial charge >= 0.3 is 6.09 Å². The third kappa shape index (κ3) is 7.95. The van der Waals surface area contributed by atoms with E-state index in [1.165, 1.54) is 0 Å². The molecule has 28 heavy (non-hydrogen) atoms. The van der Waals surface area contributed by atoms with Crippen LogP contribution in [0.1, 0.15) is 38.5 Å². The minimum atomic E-state index is -0.335. The largest absolute Gasteiger partial charge is 0.415 e. The van der Waals surface area contributed by atoms with E-state index in [1.807, 2.05) is 7.05 Å². The summed E-state index contributed by atoms with van der Waals surface area (Å²) in [6, 6.07) is 6.99. The van der Waals surface area contributed by atoms with Crippen molar-refractivity contribution in [3.8, 4) is 5.75 Å². The fourth-order valence-electron chi connectivity index (χ4n) is 3.44. The smallest absolute Gasteiger partial charge is 0.410 e. The number of amides is 1. The van der Waals surface area contributed by atoms with Gasteiger partial charge in [0.1, 0.15) is 5.75 Å². The Balaban J connectivity index is 1.61. The molecule has 0 heterocycles. The fourth-order valence-corrected chi connectivity index (χ4v) is 3.57. The van der Waals surface area contributed by atoms with Crippen molar-refractivity contribution in [2.45, 2.75) is 50.7 Å². The molecule has 0 aliphatic heterocycles. The van der Waals surface area contributed by atoms with Gasteiger partial charge in [-0.3, -0.25) is 0 Å². The molecule has 158 valence electrons. The van der Waals surface area contributed by atoms with Gasteiger partial charge in [0, 0.05) is 31.3 Å². The number of aliphatic hydroxyl groups excluding tert-OH is 1. The van der Waals surface area contributed by atoms with Gasteiger partial charge in [-0.1, -0.05) is 11.6 Å². The summed E-state index contributed by atoms with van der Waals surface area (Å²) in [6.45, 7) is 2.69. The Morgan fingerprint density at radius 2 is 1.79 bits per heavy atom. The summed E-state index contributed by atoms with van der Waals surface area (Å²) >= 11 is 5.85. The Bertz CT molecular complexity index is 576. The lowest BCUT2D eigenvalue weighted by Gasteiger charge is -2.34.